The topological polar surface area (TPSA) is 53.3 Å². The van der Waals surface area contributed by atoms with Gasteiger partial charge in [-0.25, -0.2) is 0 Å². The van der Waals surface area contributed by atoms with Crippen LogP contribution in [0.4, 0.5) is 0 Å². The maximum absolute atomic E-state index is 12.1. The number of halogens is 1. The van der Waals surface area contributed by atoms with Gasteiger partial charge in [-0.15, -0.1) is 0 Å². The largest absolute Gasteiger partial charge is 0.481 e. The number of hydrogen-bond acceptors (Lipinski definition) is 3. The number of likely N-dealkylation sites (N-methyl/N-ethyl adjacent to an activating group) is 1. The molecule has 4 nitrogen and oxygen atoms in total. The molecule has 102 valence electrons. The summed E-state index contributed by atoms with van der Waals surface area (Å²) in [6.45, 7) is 3.55. The molecule has 5 heteroatoms. The van der Waals surface area contributed by atoms with E-state index in [0.717, 1.165) is 4.47 Å². The first-order valence-electron chi connectivity index (χ1n) is 6.01. The van der Waals surface area contributed by atoms with E-state index >= 15 is 0 Å². The summed E-state index contributed by atoms with van der Waals surface area (Å²) in [5, 5.41) is 8.65. The summed E-state index contributed by atoms with van der Waals surface area (Å²) in [6.07, 6.45) is -0.272. The fraction of sp³-hybridized carbons (Fsp3) is 0.429. The number of hydrogen-bond donors (Lipinski definition) is 0. The van der Waals surface area contributed by atoms with Crippen LogP contribution in [0.3, 0.4) is 0 Å². The van der Waals surface area contributed by atoms with Crippen LogP contribution in [0, 0.1) is 11.3 Å². The van der Waals surface area contributed by atoms with Crippen LogP contribution in [0.5, 0.6) is 5.75 Å². The molecule has 0 saturated carbocycles. The van der Waals surface area contributed by atoms with Gasteiger partial charge in [-0.05, 0) is 32.0 Å². The van der Waals surface area contributed by atoms with Crippen molar-refractivity contribution in [3.05, 3.63) is 28.7 Å². The van der Waals surface area contributed by atoms with Crippen molar-refractivity contribution >= 4 is 21.8 Å². The number of benzene rings is 1. The number of amides is 1. The first-order valence-corrected chi connectivity index (χ1v) is 6.81. The Hall–Kier alpha value is -1.54. The quantitative estimate of drug-likeness (QED) is 0.836. The summed E-state index contributed by atoms with van der Waals surface area (Å²) in [5.41, 5.74) is 0. The van der Waals surface area contributed by atoms with Gasteiger partial charge in [0.2, 0.25) is 0 Å². The van der Waals surface area contributed by atoms with Crippen molar-refractivity contribution in [1.29, 1.82) is 5.26 Å². The van der Waals surface area contributed by atoms with E-state index in [4.69, 9.17) is 10.00 Å². The Morgan fingerprint density at radius 2 is 2.21 bits per heavy atom. The van der Waals surface area contributed by atoms with Crippen molar-refractivity contribution in [3.63, 3.8) is 0 Å². The number of carbonyl (C=O) groups is 1. The molecule has 0 radical (unpaired) electrons. The lowest BCUT2D eigenvalue weighted by Crippen LogP contribution is -2.42. The Morgan fingerprint density at radius 1 is 1.53 bits per heavy atom. The second kappa shape index (κ2) is 7.15. The lowest BCUT2D eigenvalue weighted by atomic mass is 10.2. The molecule has 2 atom stereocenters. The third-order valence-electron chi connectivity index (χ3n) is 2.85. The summed E-state index contributed by atoms with van der Waals surface area (Å²) in [5.74, 6) is 0.499. The number of carbonyl (C=O) groups excluding carboxylic acids is 1. The maximum atomic E-state index is 12.1. The van der Waals surface area contributed by atoms with E-state index in [1.54, 1.807) is 24.9 Å². The van der Waals surface area contributed by atoms with Crippen LogP contribution >= 0.6 is 15.9 Å². The van der Waals surface area contributed by atoms with Gasteiger partial charge in [-0.1, -0.05) is 22.0 Å². The molecule has 2 unspecified atom stereocenters. The van der Waals surface area contributed by atoms with Crippen LogP contribution in [0.2, 0.25) is 0 Å². The number of nitrogens with zero attached hydrogens (tertiary/aromatic N) is 2. The molecule has 0 spiro atoms. The van der Waals surface area contributed by atoms with E-state index < -0.39 is 6.10 Å². The maximum Gasteiger partial charge on any atom is 0.263 e. The van der Waals surface area contributed by atoms with Gasteiger partial charge in [-0.3, -0.25) is 4.79 Å². The third-order valence-corrected chi connectivity index (χ3v) is 3.35. The van der Waals surface area contributed by atoms with Gasteiger partial charge in [-0.2, -0.15) is 5.26 Å². The minimum atomic E-state index is -0.583. The molecule has 1 amide bonds. The van der Waals surface area contributed by atoms with Crippen LogP contribution in [0.1, 0.15) is 20.3 Å². The molecule has 19 heavy (non-hydrogen) atoms. The highest BCUT2D eigenvalue weighted by molar-refractivity contribution is 9.10. The second-order valence-electron chi connectivity index (χ2n) is 4.38. The van der Waals surface area contributed by atoms with Crippen LogP contribution in [0.25, 0.3) is 0 Å². The van der Waals surface area contributed by atoms with Crippen molar-refractivity contribution in [2.24, 2.45) is 0 Å². The Labute approximate surface area is 122 Å². The van der Waals surface area contributed by atoms with E-state index in [2.05, 4.69) is 22.0 Å². The van der Waals surface area contributed by atoms with E-state index in [1.165, 1.54) is 0 Å². The molecule has 0 saturated heterocycles. The SMILES string of the molecule is CC(Oc1cccc(Br)c1)C(=O)N(C)C(C)CC#N. The third kappa shape index (κ3) is 4.56. The molecule has 0 fully saturated rings. The Morgan fingerprint density at radius 3 is 2.79 bits per heavy atom. The standard InChI is InChI=1S/C14H17BrN2O2/c1-10(7-8-16)17(3)14(18)11(2)19-13-6-4-5-12(15)9-13/h4-6,9-11H,7H2,1-3H3. The van der Waals surface area contributed by atoms with Crippen LogP contribution in [-0.2, 0) is 4.79 Å². The molecule has 0 N–H and O–H groups in total. The molecule has 1 aromatic carbocycles. The number of ether oxygens (including phenoxy) is 1. The summed E-state index contributed by atoms with van der Waals surface area (Å²) in [4.78, 5) is 13.7. The van der Waals surface area contributed by atoms with Crippen molar-refractivity contribution in [2.45, 2.75) is 32.4 Å². The summed E-state index contributed by atoms with van der Waals surface area (Å²) >= 11 is 3.35. The van der Waals surface area contributed by atoms with Crippen LogP contribution < -0.4 is 4.74 Å². The predicted octanol–water partition coefficient (Wildman–Crippen LogP) is 2.98. The molecule has 1 rings (SSSR count). The molecule has 0 aliphatic rings. The van der Waals surface area contributed by atoms with Gasteiger partial charge in [0, 0.05) is 17.6 Å². The molecule has 0 bridgehead atoms. The highest BCUT2D eigenvalue weighted by atomic mass is 79.9. The Bertz CT molecular complexity index is 485. The van der Waals surface area contributed by atoms with Crippen molar-refractivity contribution in [2.75, 3.05) is 7.05 Å². The summed E-state index contributed by atoms with van der Waals surface area (Å²) in [6, 6.07) is 9.28. The van der Waals surface area contributed by atoms with Gasteiger partial charge in [0.05, 0.1) is 12.5 Å². The van der Waals surface area contributed by atoms with Crippen molar-refractivity contribution in [3.8, 4) is 11.8 Å². The average Bonchev–Trinajstić information content (AvgIpc) is 2.37. The van der Waals surface area contributed by atoms with E-state index in [9.17, 15) is 4.79 Å². The fourth-order valence-electron chi connectivity index (χ4n) is 1.57. The molecule has 0 aromatic heterocycles. The fourth-order valence-corrected chi connectivity index (χ4v) is 1.95. The van der Waals surface area contributed by atoms with Gasteiger partial charge < -0.3 is 9.64 Å². The smallest absolute Gasteiger partial charge is 0.263 e. The summed E-state index contributed by atoms with van der Waals surface area (Å²) < 4.78 is 6.50. The monoisotopic (exact) mass is 324 g/mol. The first-order chi connectivity index (χ1) is 8.95. The van der Waals surface area contributed by atoms with E-state index in [1.807, 2.05) is 25.1 Å². The minimum absolute atomic E-state index is 0.119. The zero-order valence-electron chi connectivity index (χ0n) is 11.3. The highest BCUT2D eigenvalue weighted by Crippen LogP contribution is 2.19. The molecular formula is C14H17BrN2O2. The summed E-state index contributed by atoms with van der Waals surface area (Å²) in [7, 11) is 1.69. The molecule has 0 aliphatic heterocycles. The zero-order chi connectivity index (χ0) is 14.4. The number of rotatable bonds is 5. The van der Waals surface area contributed by atoms with Gasteiger partial charge in [0.15, 0.2) is 6.10 Å². The predicted molar refractivity (Wildman–Crippen MR) is 76.7 cm³/mol. The van der Waals surface area contributed by atoms with E-state index in [-0.39, 0.29) is 11.9 Å². The lowest BCUT2D eigenvalue weighted by Gasteiger charge is -2.26. The normalized spacial score (nSPS) is 13.2. The molecule has 0 heterocycles. The van der Waals surface area contributed by atoms with Crippen LogP contribution in [0.15, 0.2) is 28.7 Å². The van der Waals surface area contributed by atoms with Gasteiger partial charge in [0.25, 0.3) is 5.91 Å². The van der Waals surface area contributed by atoms with Crippen LogP contribution in [-0.4, -0.2) is 30.0 Å². The van der Waals surface area contributed by atoms with Gasteiger partial charge >= 0.3 is 0 Å². The second-order valence-corrected chi connectivity index (χ2v) is 5.29. The Kier molecular flexibility index (Phi) is 5.84. The average molecular weight is 325 g/mol. The zero-order valence-corrected chi connectivity index (χ0v) is 12.8. The molecule has 0 aliphatic carbocycles. The van der Waals surface area contributed by atoms with Gasteiger partial charge in [0.1, 0.15) is 5.75 Å². The minimum Gasteiger partial charge on any atom is -0.481 e. The highest BCUT2D eigenvalue weighted by Gasteiger charge is 2.22. The molecule has 1 aromatic rings. The first kappa shape index (κ1) is 15.5. The van der Waals surface area contributed by atoms with Crippen molar-refractivity contribution < 1.29 is 9.53 Å². The van der Waals surface area contributed by atoms with Crippen molar-refractivity contribution in [1.82, 2.24) is 4.90 Å². The Balaban J connectivity index is 2.65. The lowest BCUT2D eigenvalue weighted by molar-refractivity contribution is -0.138. The molecular weight excluding hydrogens is 308 g/mol. The van der Waals surface area contributed by atoms with E-state index in [0.29, 0.717) is 12.2 Å². The number of nitriles is 1.